The Balaban J connectivity index is 0.00000121. The number of hydrogen-bond donors (Lipinski definition) is 0. The summed E-state index contributed by atoms with van der Waals surface area (Å²) in [5.74, 6) is -0.532. The Morgan fingerprint density at radius 1 is 1.42 bits per heavy atom. The molecule has 0 atom stereocenters. The van der Waals surface area contributed by atoms with Gasteiger partial charge >= 0.3 is 29.6 Å². The summed E-state index contributed by atoms with van der Waals surface area (Å²) >= 11 is 0. The van der Waals surface area contributed by atoms with Gasteiger partial charge in [0.1, 0.15) is 0 Å². The molecule has 4 nitrogen and oxygen atoms in total. The minimum atomic E-state index is -0.679. The number of aryl methyl sites for hydroxylation is 1. The molecule has 0 spiro atoms. The molecule has 0 saturated heterocycles. The van der Waals surface area contributed by atoms with Gasteiger partial charge in [-0.2, -0.15) is 0 Å². The van der Waals surface area contributed by atoms with Crippen LogP contribution < -0.4 is 34.7 Å². The van der Waals surface area contributed by atoms with E-state index in [1.54, 1.807) is 13.0 Å². The van der Waals surface area contributed by atoms with Crippen LogP contribution in [0, 0.1) is 17.0 Å². The third kappa shape index (κ3) is 2.48. The maximum Gasteiger partial charge on any atom is 1.00 e. The van der Waals surface area contributed by atoms with Crippen LogP contribution in [0.5, 0.6) is 5.75 Å². The van der Waals surface area contributed by atoms with Crippen molar-refractivity contribution in [2.75, 3.05) is 0 Å². The second kappa shape index (κ2) is 4.45. The van der Waals surface area contributed by atoms with Crippen LogP contribution in [-0.2, 0) is 0 Å². The Bertz CT molecular complexity index is 301. The molecule has 0 aliphatic carbocycles. The number of hydrogen-bond acceptors (Lipinski definition) is 3. The van der Waals surface area contributed by atoms with Gasteiger partial charge in [-0.1, -0.05) is 17.7 Å². The van der Waals surface area contributed by atoms with E-state index in [2.05, 4.69) is 0 Å². The van der Waals surface area contributed by atoms with Crippen molar-refractivity contribution < 1.29 is 39.6 Å². The van der Waals surface area contributed by atoms with E-state index < -0.39 is 10.7 Å². The zero-order chi connectivity index (χ0) is 8.43. The van der Waals surface area contributed by atoms with E-state index in [1.807, 2.05) is 0 Å². The van der Waals surface area contributed by atoms with Gasteiger partial charge in [0.25, 0.3) is 5.69 Å². The first-order chi connectivity index (χ1) is 5.11. The fraction of sp³-hybridized carbons (Fsp3) is 0.143. The predicted molar refractivity (Wildman–Crippen MR) is 37.3 cm³/mol. The smallest absolute Gasteiger partial charge is 0.868 e. The van der Waals surface area contributed by atoms with E-state index >= 15 is 0 Å². The SMILES string of the molecule is Cc1ccc([N+](=O)[O-])c([O-])c1.[Na+]. The second-order valence-electron chi connectivity index (χ2n) is 2.23. The monoisotopic (exact) mass is 175 g/mol. The summed E-state index contributed by atoms with van der Waals surface area (Å²) in [7, 11) is 0. The zero-order valence-corrected chi connectivity index (χ0v) is 8.90. The molecule has 1 aromatic rings. The Hall–Kier alpha value is -0.580. The average molecular weight is 175 g/mol. The van der Waals surface area contributed by atoms with Gasteiger partial charge < -0.3 is 5.11 Å². The molecule has 0 radical (unpaired) electrons. The van der Waals surface area contributed by atoms with Crippen LogP contribution in [-0.4, -0.2) is 4.92 Å². The number of nitrogens with zero attached hydrogens (tertiary/aromatic N) is 1. The summed E-state index contributed by atoms with van der Waals surface area (Å²) in [5.41, 5.74) is 0.371. The Morgan fingerprint density at radius 3 is 2.42 bits per heavy atom. The van der Waals surface area contributed by atoms with Gasteiger partial charge in [-0.15, -0.1) is 0 Å². The predicted octanol–water partition coefficient (Wildman–Crippen LogP) is -2.02. The van der Waals surface area contributed by atoms with Gasteiger partial charge in [0.05, 0.1) is 4.92 Å². The number of nitro groups is 1. The quantitative estimate of drug-likeness (QED) is 0.281. The summed E-state index contributed by atoms with van der Waals surface area (Å²) < 4.78 is 0. The molecule has 0 heterocycles. The topological polar surface area (TPSA) is 66.2 Å². The van der Waals surface area contributed by atoms with Crippen molar-refractivity contribution in [3.8, 4) is 5.75 Å². The molecule has 5 heteroatoms. The first-order valence-corrected chi connectivity index (χ1v) is 3.03. The van der Waals surface area contributed by atoms with Crippen LogP contribution >= 0.6 is 0 Å². The largest absolute Gasteiger partial charge is 1.00 e. The minimum Gasteiger partial charge on any atom is -0.868 e. The van der Waals surface area contributed by atoms with Gasteiger partial charge in [0.2, 0.25) is 0 Å². The van der Waals surface area contributed by atoms with Crippen molar-refractivity contribution >= 4 is 5.69 Å². The summed E-state index contributed by atoms with van der Waals surface area (Å²) in [6.45, 7) is 1.71. The van der Waals surface area contributed by atoms with Crippen LogP contribution in [0.15, 0.2) is 18.2 Å². The third-order valence-corrected chi connectivity index (χ3v) is 1.31. The molecule has 1 rings (SSSR count). The number of nitro benzene ring substituents is 1. The Kier molecular flexibility index (Phi) is 4.23. The van der Waals surface area contributed by atoms with E-state index in [-0.39, 0.29) is 35.2 Å². The van der Waals surface area contributed by atoms with Crippen LogP contribution in [0.2, 0.25) is 0 Å². The molecule has 0 bridgehead atoms. The fourth-order valence-electron chi connectivity index (χ4n) is 0.772. The van der Waals surface area contributed by atoms with Crippen molar-refractivity contribution in [1.29, 1.82) is 0 Å². The van der Waals surface area contributed by atoms with Crippen molar-refractivity contribution in [2.24, 2.45) is 0 Å². The molecule has 0 N–H and O–H groups in total. The summed E-state index contributed by atoms with van der Waals surface area (Å²) in [6, 6.07) is 4.01. The number of rotatable bonds is 1. The van der Waals surface area contributed by atoms with Crippen LogP contribution in [0.25, 0.3) is 0 Å². The molecule has 0 saturated carbocycles. The summed E-state index contributed by atoms with van der Waals surface area (Å²) in [6.07, 6.45) is 0. The molecule has 12 heavy (non-hydrogen) atoms. The molecule has 0 unspecified atom stereocenters. The molecule has 0 aliphatic heterocycles. The second-order valence-corrected chi connectivity index (χ2v) is 2.23. The molecular formula is C7H6NNaO3. The van der Waals surface area contributed by atoms with Crippen LogP contribution in [0.1, 0.15) is 5.56 Å². The first-order valence-electron chi connectivity index (χ1n) is 3.03. The Morgan fingerprint density at radius 2 is 2.00 bits per heavy atom. The maximum absolute atomic E-state index is 10.8. The van der Waals surface area contributed by atoms with E-state index in [0.29, 0.717) is 0 Å². The van der Waals surface area contributed by atoms with Gasteiger partial charge in [0, 0.05) is 6.07 Å². The van der Waals surface area contributed by atoms with E-state index in [4.69, 9.17) is 0 Å². The van der Waals surface area contributed by atoms with E-state index in [9.17, 15) is 15.2 Å². The summed E-state index contributed by atoms with van der Waals surface area (Å²) in [5, 5.41) is 21.0. The van der Waals surface area contributed by atoms with Gasteiger partial charge in [-0.3, -0.25) is 10.1 Å². The molecular weight excluding hydrogens is 169 g/mol. The van der Waals surface area contributed by atoms with Crippen molar-refractivity contribution in [2.45, 2.75) is 6.92 Å². The van der Waals surface area contributed by atoms with E-state index in [0.717, 1.165) is 5.56 Å². The Labute approximate surface area is 91.7 Å². The van der Waals surface area contributed by atoms with Crippen molar-refractivity contribution in [1.82, 2.24) is 0 Å². The maximum atomic E-state index is 10.8. The van der Waals surface area contributed by atoms with Gasteiger partial charge in [0.15, 0.2) is 0 Å². The molecule has 0 aromatic heterocycles. The zero-order valence-electron chi connectivity index (χ0n) is 6.90. The molecule has 58 valence electrons. The third-order valence-electron chi connectivity index (χ3n) is 1.31. The summed E-state index contributed by atoms with van der Waals surface area (Å²) in [4.78, 5) is 9.46. The van der Waals surface area contributed by atoms with Crippen LogP contribution in [0.4, 0.5) is 5.69 Å². The van der Waals surface area contributed by atoms with Crippen molar-refractivity contribution in [3.05, 3.63) is 33.9 Å². The molecule has 0 fully saturated rings. The van der Waals surface area contributed by atoms with Crippen LogP contribution in [0.3, 0.4) is 0 Å². The fourth-order valence-corrected chi connectivity index (χ4v) is 0.772. The normalized spacial score (nSPS) is 8.75. The van der Waals surface area contributed by atoms with Crippen molar-refractivity contribution in [3.63, 3.8) is 0 Å². The molecule has 0 aliphatic rings. The number of benzene rings is 1. The van der Waals surface area contributed by atoms with Gasteiger partial charge in [-0.25, -0.2) is 0 Å². The van der Waals surface area contributed by atoms with Gasteiger partial charge in [-0.05, 0) is 12.7 Å². The minimum absolute atomic E-state index is 0. The van der Waals surface area contributed by atoms with E-state index in [1.165, 1.54) is 12.1 Å². The average Bonchev–Trinajstić information content (AvgIpc) is 1.85. The molecule has 1 aromatic carbocycles. The first kappa shape index (κ1) is 11.4. The standard InChI is InChI=1S/C7H7NO3.Na/c1-5-2-3-6(8(10)11)7(9)4-5;/h2-4,9H,1H3;/q;+1/p-1. The molecule has 0 amide bonds.